The highest BCUT2D eigenvalue weighted by Crippen LogP contribution is 2.07. The molecule has 0 atom stereocenters. The van der Waals surface area contributed by atoms with E-state index in [2.05, 4.69) is 0 Å². The van der Waals surface area contributed by atoms with Gasteiger partial charge in [0.05, 0.1) is 0 Å². The summed E-state index contributed by atoms with van der Waals surface area (Å²) in [5, 5.41) is 0. The Morgan fingerprint density at radius 1 is 0.900 bits per heavy atom. The maximum Gasteiger partial charge on any atom is 0.194 e. The molecule has 1 aromatic rings. The van der Waals surface area contributed by atoms with Gasteiger partial charge in [0.25, 0.3) is 0 Å². The van der Waals surface area contributed by atoms with Crippen molar-refractivity contribution in [1.82, 2.24) is 0 Å². The molecule has 10 heavy (non-hydrogen) atoms. The van der Waals surface area contributed by atoms with Gasteiger partial charge < -0.3 is 0 Å². The zero-order valence-electron chi connectivity index (χ0n) is 4.94. The van der Waals surface area contributed by atoms with Crippen molar-refractivity contribution in [3.63, 3.8) is 0 Å². The first-order chi connectivity index (χ1) is 4.22. The molecule has 0 unspecified atom stereocenters. The highest BCUT2D eigenvalue weighted by Gasteiger charge is 2.04. The lowest BCUT2D eigenvalue weighted by Crippen LogP contribution is -1.86. The van der Waals surface area contributed by atoms with Crippen LogP contribution in [0.4, 0.5) is 13.2 Å². The van der Waals surface area contributed by atoms with Crippen LogP contribution in [0.3, 0.4) is 0 Å². The van der Waals surface area contributed by atoms with E-state index in [1.165, 1.54) is 0 Å². The van der Waals surface area contributed by atoms with E-state index in [9.17, 15) is 13.2 Å². The van der Waals surface area contributed by atoms with E-state index >= 15 is 0 Å². The van der Waals surface area contributed by atoms with Crippen molar-refractivity contribution in [3.8, 4) is 0 Å². The first-order valence-corrected chi connectivity index (χ1v) is 2.31. The predicted molar refractivity (Wildman–Crippen MR) is 32.1 cm³/mol. The molecule has 0 aliphatic heterocycles. The molecule has 4 heteroatoms. The smallest absolute Gasteiger partial charge is 0.194 e. The number of benzene rings is 1. The fourth-order valence-corrected chi connectivity index (χ4v) is 0.477. The van der Waals surface area contributed by atoms with Crippen LogP contribution in [0.25, 0.3) is 0 Å². The minimum atomic E-state index is -1.42. The fraction of sp³-hybridized carbons (Fsp3) is 0. The SMILES string of the molecule is Fc1cccc(F)c1F.[B]. The van der Waals surface area contributed by atoms with Crippen LogP contribution in [0.5, 0.6) is 0 Å². The molecule has 0 heterocycles. The first kappa shape index (κ1) is 9.07. The van der Waals surface area contributed by atoms with E-state index in [4.69, 9.17) is 0 Å². The molecule has 1 rings (SSSR count). The van der Waals surface area contributed by atoms with Crippen molar-refractivity contribution in [2.24, 2.45) is 0 Å². The third kappa shape index (κ3) is 1.53. The van der Waals surface area contributed by atoms with Crippen LogP contribution in [-0.2, 0) is 0 Å². The zero-order valence-corrected chi connectivity index (χ0v) is 4.94. The van der Waals surface area contributed by atoms with Crippen LogP contribution in [-0.4, -0.2) is 8.41 Å². The molecule has 0 aromatic heterocycles. The first-order valence-electron chi connectivity index (χ1n) is 2.31. The third-order valence-corrected chi connectivity index (χ3v) is 0.904. The Morgan fingerprint density at radius 3 is 1.60 bits per heavy atom. The molecule has 0 fully saturated rings. The largest absolute Gasteiger partial charge is 0.204 e. The maximum atomic E-state index is 12.0. The van der Waals surface area contributed by atoms with Crippen molar-refractivity contribution < 1.29 is 13.2 Å². The number of hydrogen-bond donors (Lipinski definition) is 0. The monoisotopic (exact) mass is 143 g/mol. The van der Waals surface area contributed by atoms with Gasteiger partial charge in [-0.25, -0.2) is 13.2 Å². The summed E-state index contributed by atoms with van der Waals surface area (Å²) in [4.78, 5) is 0. The van der Waals surface area contributed by atoms with Gasteiger partial charge in [0.1, 0.15) is 0 Å². The van der Waals surface area contributed by atoms with Crippen molar-refractivity contribution >= 4 is 8.41 Å². The maximum absolute atomic E-state index is 12.0. The highest BCUT2D eigenvalue weighted by molar-refractivity contribution is 5.75. The van der Waals surface area contributed by atoms with Crippen molar-refractivity contribution in [2.45, 2.75) is 0 Å². The predicted octanol–water partition coefficient (Wildman–Crippen LogP) is 1.72. The van der Waals surface area contributed by atoms with Gasteiger partial charge in [-0.05, 0) is 12.1 Å². The number of rotatable bonds is 0. The van der Waals surface area contributed by atoms with E-state index < -0.39 is 17.5 Å². The Hall–Kier alpha value is -0.925. The molecule has 0 bridgehead atoms. The highest BCUT2D eigenvalue weighted by atomic mass is 19.2. The van der Waals surface area contributed by atoms with Gasteiger partial charge in [0.2, 0.25) is 0 Å². The van der Waals surface area contributed by atoms with Gasteiger partial charge in [0, 0.05) is 8.41 Å². The van der Waals surface area contributed by atoms with E-state index in [1.54, 1.807) is 0 Å². The minimum Gasteiger partial charge on any atom is -0.204 e. The molecule has 3 radical (unpaired) electrons. The second-order valence-electron chi connectivity index (χ2n) is 1.54. The van der Waals surface area contributed by atoms with Crippen molar-refractivity contribution in [3.05, 3.63) is 35.7 Å². The Labute approximate surface area is 58.3 Å². The van der Waals surface area contributed by atoms with Gasteiger partial charge in [-0.1, -0.05) is 6.07 Å². The molecule has 0 aliphatic rings. The third-order valence-electron chi connectivity index (χ3n) is 0.904. The summed E-state index contributed by atoms with van der Waals surface area (Å²) in [7, 11) is 0. The van der Waals surface area contributed by atoms with Gasteiger partial charge in [-0.3, -0.25) is 0 Å². The van der Waals surface area contributed by atoms with Gasteiger partial charge in [-0.2, -0.15) is 0 Å². The molecule has 0 spiro atoms. The van der Waals surface area contributed by atoms with Crippen LogP contribution in [0.1, 0.15) is 0 Å². The van der Waals surface area contributed by atoms with E-state index in [1.807, 2.05) is 0 Å². The summed E-state index contributed by atoms with van der Waals surface area (Å²) in [6.45, 7) is 0. The van der Waals surface area contributed by atoms with Crippen LogP contribution < -0.4 is 0 Å². The second-order valence-corrected chi connectivity index (χ2v) is 1.54. The Balaban J connectivity index is 0.000000810. The summed E-state index contributed by atoms with van der Waals surface area (Å²) in [6, 6.07) is 2.82. The van der Waals surface area contributed by atoms with Crippen molar-refractivity contribution in [1.29, 1.82) is 0 Å². The van der Waals surface area contributed by atoms with E-state index in [0.29, 0.717) is 0 Å². The molecule has 0 aliphatic carbocycles. The fourth-order valence-electron chi connectivity index (χ4n) is 0.477. The zero-order chi connectivity index (χ0) is 6.85. The molecule has 0 saturated heterocycles. The lowest BCUT2D eigenvalue weighted by atomic mass is 10.3. The van der Waals surface area contributed by atoms with Crippen LogP contribution in [0.15, 0.2) is 18.2 Å². The summed E-state index contributed by atoms with van der Waals surface area (Å²) >= 11 is 0. The lowest BCUT2D eigenvalue weighted by Gasteiger charge is -1.90. The topological polar surface area (TPSA) is 0 Å². The molecule has 0 saturated carbocycles. The minimum absolute atomic E-state index is 0. The lowest BCUT2D eigenvalue weighted by molar-refractivity contribution is 0.447. The summed E-state index contributed by atoms with van der Waals surface area (Å²) in [5.74, 6) is -3.73. The second kappa shape index (κ2) is 3.30. The van der Waals surface area contributed by atoms with E-state index in [-0.39, 0.29) is 8.41 Å². The van der Waals surface area contributed by atoms with Gasteiger partial charge in [0.15, 0.2) is 17.5 Å². The standard InChI is InChI=1S/C6H3F3.B/c7-4-2-1-3-5(8)6(4)9;/h1-3H;. The molecular weight excluding hydrogens is 140 g/mol. The number of halogens is 3. The quantitative estimate of drug-likeness (QED) is 0.383. The Bertz CT molecular complexity index is 204. The summed E-state index contributed by atoms with van der Waals surface area (Å²) in [5.41, 5.74) is 0. The van der Waals surface area contributed by atoms with Crippen LogP contribution in [0, 0.1) is 17.5 Å². The van der Waals surface area contributed by atoms with Crippen LogP contribution in [0.2, 0.25) is 0 Å². The molecule has 1 aromatic carbocycles. The normalized spacial score (nSPS) is 8.70. The molecular formula is C6H3BF3. The summed E-state index contributed by atoms with van der Waals surface area (Å²) < 4.78 is 35.9. The van der Waals surface area contributed by atoms with Gasteiger partial charge in [-0.15, -0.1) is 0 Å². The van der Waals surface area contributed by atoms with Crippen LogP contribution >= 0.6 is 0 Å². The van der Waals surface area contributed by atoms with Gasteiger partial charge >= 0.3 is 0 Å². The van der Waals surface area contributed by atoms with Crippen molar-refractivity contribution in [2.75, 3.05) is 0 Å². The Morgan fingerprint density at radius 2 is 1.30 bits per heavy atom. The summed E-state index contributed by atoms with van der Waals surface area (Å²) in [6.07, 6.45) is 0. The molecule has 51 valence electrons. The average Bonchev–Trinajstić information content (AvgIpc) is 1.83. The molecule has 0 N–H and O–H groups in total. The Kier molecular flexibility index (Phi) is 2.99. The molecule has 0 nitrogen and oxygen atoms in total. The van der Waals surface area contributed by atoms with E-state index in [0.717, 1.165) is 18.2 Å². The number of hydrogen-bond acceptors (Lipinski definition) is 0. The average molecular weight is 143 g/mol. The molecule has 0 amide bonds.